The lowest BCUT2D eigenvalue weighted by atomic mass is 9.72. The molecular weight excluding hydrogens is 505 g/mol. The Balaban J connectivity index is 0.00000341. The largest absolute Gasteiger partial charge is 0.385 e. The third-order valence-corrected chi connectivity index (χ3v) is 6.55. The first-order valence-corrected chi connectivity index (χ1v) is 11.4. The number of piperidine rings is 1. The van der Waals surface area contributed by atoms with Gasteiger partial charge in [0.15, 0.2) is 5.96 Å². The average molecular weight is 546 g/mol. The van der Waals surface area contributed by atoms with Crippen LogP contribution in [0.3, 0.4) is 0 Å². The number of guanidine groups is 1. The van der Waals surface area contributed by atoms with E-state index >= 15 is 0 Å². The number of methoxy groups -OCH3 is 1. The lowest BCUT2D eigenvalue weighted by Gasteiger charge is -2.41. The lowest BCUT2D eigenvalue weighted by Crippen LogP contribution is -2.51. The Labute approximate surface area is 205 Å². The summed E-state index contributed by atoms with van der Waals surface area (Å²) in [7, 11) is 3.63. The first-order chi connectivity index (χ1) is 14.7. The van der Waals surface area contributed by atoms with Crippen molar-refractivity contribution in [2.75, 3.05) is 60.2 Å². The van der Waals surface area contributed by atoms with Crippen LogP contribution in [-0.4, -0.2) is 77.2 Å². The summed E-state index contributed by atoms with van der Waals surface area (Å²) in [6, 6.07) is 8.79. The zero-order chi connectivity index (χ0) is 21.2. The summed E-state index contributed by atoms with van der Waals surface area (Å²) in [5, 5.41) is 3.71. The van der Waals surface area contributed by atoms with Gasteiger partial charge in [-0.05, 0) is 50.2 Å². The Morgan fingerprint density at radius 1 is 1.19 bits per heavy atom. The molecule has 0 aromatic heterocycles. The topological polar surface area (TPSA) is 55.3 Å². The van der Waals surface area contributed by atoms with E-state index in [0.29, 0.717) is 6.10 Å². The second-order valence-corrected chi connectivity index (χ2v) is 8.51. The van der Waals surface area contributed by atoms with Gasteiger partial charge in [0.2, 0.25) is 0 Å². The van der Waals surface area contributed by atoms with Crippen molar-refractivity contribution < 1.29 is 14.2 Å². The molecule has 7 heteroatoms. The number of ether oxygens (including phenoxy) is 3. The Hall–Kier alpha value is -0.900. The predicted octanol–water partition coefficient (Wildman–Crippen LogP) is 3.75. The van der Waals surface area contributed by atoms with Crippen LogP contribution in [0.2, 0.25) is 0 Å². The van der Waals surface area contributed by atoms with E-state index in [1.165, 1.54) is 11.1 Å². The zero-order valence-corrected chi connectivity index (χ0v) is 21.7. The Kier molecular flexibility index (Phi) is 11.6. The molecule has 1 aromatic rings. The van der Waals surface area contributed by atoms with Crippen LogP contribution in [0.1, 0.15) is 43.2 Å². The van der Waals surface area contributed by atoms with Gasteiger partial charge in [-0.3, -0.25) is 4.99 Å². The molecule has 0 atom stereocenters. The SMILES string of the molecule is CN=C(NCC1(c2ccccc2C)CCOCC1)N1CCC(OCCCOC)CC1.I. The molecule has 0 bridgehead atoms. The van der Waals surface area contributed by atoms with Crippen LogP contribution >= 0.6 is 24.0 Å². The van der Waals surface area contributed by atoms with E-state index in [4.69, 9.17) is 14.2 Å². The van der Waals surface area contributed by atoms with Crippen molar-refractivity contribution in [1.29, 1.82) is 0 Å². The summed E-state index contributed by atoms with van der Waals surface area (Å²) in [5.41, 5.74) is 2.91. The third kappa shape index (κ3) is 7.30. The fourth-order valence-corrected chi connectivity index (χ4v) is 4.74. The van der Waals surface area contributed by atoms with E-state index in [1.807, 2.05) is 7.05 Å². The van der Waals surface area contributed by atoms with Crippen molar-refractivity contribution in [3.8, 4) is 0 Å². The van der Waals surface area contributed by atoms with E-state index in [0.717, 1.165) is 84.1 Å². The standard InChI is InChI=1S/C24H39N3O3.HI/c1-20-7-4-5-8-22(20)24(11-17-29-18-12-24)19-26-23(25-2)27-13-9-21(10-14-27)30-16-6-15-28-3;/h4-5,7-8,21H,6,9-19H2,1-3H3,(H,25,26);1H. The van der Waals surface area contributed by atoms with Crippen LogP contribution in [0.4, 0.5) is 0 Å². The molecule has 0 amide bonds. The molecule has 2 saturated heterocycles. The molecule has 0 spiro atoms. The molecule has 0 aliphatic carbocycles. The van der Waals surface area contributed by atoms with E-state index in [9.17, 15) is 0 Å². The fraction of sp³-hybridized carbons (Fsp3) is 0.708. The van der Waals surface area contributed by atoms with Gasteiger partial charge in [0, 0.05) is 65.6 Å². The van der Waals surface area contributed by atoms with Crippen molar-refractivity contribution in [3.63, 3.8) is 0 Å². The van der Waals surface area contributed by atoms with Gasteiger partial charge in [0.05, 0.1) is 6.10 Å². The number of rotatable bonds is 8. The second kappa shape index (κ2) is 13.6. The third-order valence-electron chi connectivity index (χ3n) is 6.55. The number of likely N-dealkylation sites (tertiary alicyclic amines) is 1. The van der Waals surface area contributed by atoms with Crippen molar-refractivity contribution in [2.45, 2.75) is 50.5 Å². The number of nitrogens with zero attached hydrogens (tertiary/aromatic N) is 2. The minimum absolute atomic E-state index is 0. The van der Waals surface area contributed by atoms with Crippen LogP contribution in [0.25, 0.3) is 0 Å². The monoisotopic (exact) mass is 545 g/mol. The lowest BCUT2D eigenvalue weighted by molar-refractivity contribution is 0.00968. The molecule has 1 aromatic carbocycles. The summed E-state index contributed by atoms with van der Waals surface area (Å²) < 4.78 is 16.8. The van der Waals surface area contributed by atoms with Crippen molar-refractivity contribution in [3.05, 3.63) is 35.4 Å². The van der Waals surface area contributed by atoms with Crippen LogP contribution < -0.4 is 5.32 Å². The first kappa shape index (κ1) is 26.4. The molecule has 0 radical (unpaired) electrons. The van der Waals surface area contributed by atoms with Crippen LogP contribution in [-0.2, 0) is 19.6 Å². The molecule has 2 heterocycles. The highest BCUT2D eigenvalue weighted by Gasteiger charge is 2.36. The van der Waals surface area contributed by atoms with Gasteiger partial charge in [-0.25, -0.2) is 0 Å². The van der Waals surface area contributed by atoms with Crippen LogP contribution in [0.5, 0.6) is 0 Å². The number of hydrogen-bond donors (Lipinski definition) is 1. The summed E-state index contributed by atoms with van der Waals surface area (Å²) in [4.78, 5) is 6.97. The van der Waals surface area contributed by atoms with Gasteiger partial charge >= 0.3 is 0 Å². The Morgan fingerprint density at radius 3 is 2.55 bits per heavy atom. The normalized spacial score (nSPS) is 19.7. The van der Waals surface area contributed by atoms with Gasteiger partial charge in [-0.2, -0.15) is 0 Å². The maximum Gasteiger partial charge on any atom is 0.193 e. The molecule has 6 nitrogen and oxygen atoms in total. The van der Waals surface area contributed by atoms with Gasteiger partial charge in [-0.15, -0.1) is 24.0 Å². The smallest absolute Gasteiger partial charge is 0.193 e. The molecule has 2 aliphatic heterocycles. The van der Waals surface area contributed by atoms with Crippen molar-refractivity contribution >= 4 is 29.9 Å². The molecule has 0 unspecified atom stereocenters. The van der Waals surface area contributed by atoms with E-state index in [2.05, 4.69) is 46.4 Å². The summed E-state index contributed by atoms with van der Waals surface area (Å²) in [6.45, 7) is 8.26. The molecular formula is C24H40IN3O3. The van der Waals surface area contributed by atoms with Crippen LogP contribution in [0, 0.1) is 6.92 Å². The summed E-state index contributed by atoms with van der Waals surface area (Å²) >= 11 is 0. The number of benzene rings is 1. The van der Waals surface area contributed by atoms with Gasteiger partial charge in [0.25, 0.3) is 0 Å². The Bertz CT molecular complexity index is 672. The van der Waals surface area contributed by atoms with Crippen molar-refractivity contribution in [2.24, 2.45) is 4.99 Å². The molecule has 31 heavy (non-hydrogen) atoms. The number of nitrogens with one attached hydrogen (secondary N) is 1. The minimum atomic E-state index is 0. The van der Waals surface area contributed by atoms with E-state index < -0.39 is 0 Å². The van der Waals surface area contributed by atoms with Gasteiger partial charge in [-0.1, -0.05) is 24.3 Å². The van der Waals surface area contributed by atoms with E-state index in [-0.39, 0.29) is 29.4 Å². The number of aryl methyl sites for hydroxylation is 1. The predicted molar refractivity (Wildman–Crippen MR) is 137 cm³/mol. The maximum atomic E-state index is 6.01. The quantitative estimate of drug-likeness (QED) is 0.234. The highest BCUT2D eigenvalue weighted by Crippen LogP contribution is 2.36. The van der Waals surface area contributed by atoms with Crippen LogP contribution in [0.15, 0.2) is 29.3 Å². The summed E-state index contributed by atoms with van der Waals surface area (Å²) in [6.07, 6.45) is 5.49. The molecule has 1 N–H and O–H groups in total. The maximum absolute atomic E-state index is 6.01. The Morgan fingerprint density at radius 2 is 1.90 bits per heavy atom. The number of hydrogen-bond acceptors (Lipinski definition) is 4. The minimum Gasteiger partial charge on any atom is -0.385 e. The second-order valence-electron chi connectivity index (χ2n) is 8.51. The van der Waals surface area contributed by atoms with Crippen molar-refractivity contribution in [1.82, 2.24) is 10.2 Å². The average Bonchev–Trinajstić information content (AvgIpc) is 2.79. The number of halogens is 1. The molecule has 0 saturated carbocycles. The van der Waals surface area contributed by atoms with Gasteiger partial charge < -0.3 is 24.4 Å². The molecule has 2 aliphatic rings. The zero-order valence-electron chi connectivity index (χ0n) is 19.4. The van der Waals surface area contributed by atoms with Gasteiger partial charge in [0.1, 0.15) is 0 Å². The molecule has 2 fully saturated rings. The fourth-order valence-electron chi connectivity index (χ4n) is 4.74. The first-order valence-electron chi connectivity index (χ1n) is 11.4. The van der Waals surface area contributed by atoms with E-state index in [1.54, 1.807) is 7.11 Å². The molecule has 3 rings (SSSR count). The highest BCUT2D eigenvalue weighted by molar-refractivity contribution is 14.0. The molecule has 176 valence electrons. The number of aliphatic imine (C=N–C) groups is 1. The highest BCUT2D eigenvalue weighted by atomic mass is 127. The summed E-state index contributed by atoms with van der Waals surface area (Å²) in [5.74, 6) is 1.01.